The van der Waals surface area contributed by atoms with E-state index >= 15 is 0 Å². The number of anilines is 1. The number of aromatic nitrogens is 1. The summed E-state index contributed by atoms with van der Waals surface area (Å²) < 4.78 is 0. The topological polar surface area (TPSA) is 28.2 Å². The largest absolute Gasteiger partial charge is 0.348 e. The molecule has 1 aromatic heterocycles. The van der Waals surface area contributed by atoms with Crippen molar-refractivity contribution in [2.75, 3.05) is 18.0 Å². The highest BCUT2D eigenvalue weighted by atomic mass is 15.2. The maximum Gasteiger partial charge on any atom is 0.129 e. The van der Waals surface area contributed by atoms with Gasteiger partial charge in [0.15, 0.2) is 0 Å². The van der Waals surface area contributed by atoms with Crippen molar-refractivity contribution in [2.24, 2.45) is 0 Å². The van der Waals surface area contributed by atoms with E-state index in [0.717, 1.165) is 37.6 Å². The lowest BCUT2D eigenvalue weighted by Gasteiger charge is -2.36. The van der Waals surface area contributed by atoms with Crippen molar-refractivity contribution in [1.82, 2.24) is 10.3 Å². The van der Waals surface area contributed by atoms with Gasteiger partial charge in [-0.2, -0.15) is 0 Å². The summed E-state index contributed by atoms with van der Waals surface area (Å²) in [6.45, 7) is 17.5. The van der Waals surface area contributed by atoms with Crippen molar-refractivity contribution >= 4 is 5.82 Å². The first-order chi connectivity index (χ1) is 9.40. The van der Waals surface area contributed by atoms with E-state index in [-0.39, 0.29) is 5.54 Å². The Bertz CT molecular complexity index is 432. The highest BCUT2D eigenvalue weighted by Crippen LogP contribution is 2.23. The lowest BCUT2D eigenvalue weighted by Crippen LogP contribution is -2.42. The molecule has 0 radical (unpaired) electrons. The number of hydrogen-bond acceptors (Lipinski definition) is 3. The van der Waals surface area contributed by atoms with Gasteiger partial charge in [-0.1, -0.05) is 19.1 Å². The predicted molar refractivity (Wildman–Crippen MR) is 88.3 cm³/mol. The summed E-state index contributed by atoms with van der Waals surface area (Å²) in [5, 5.41) is 3.43. The van der Waals surface area contributed by atoms with Crippen molar-refractivity contribution in [2.45, 2.75) is 53.1 Å². The molecule has 0 amide bonds. The molecular formula is C17H29N3. The molecule has 0 unspecified atom stereocenters. The SMILES string of the molecule is C=CCN(c1ccc(CNCCC)c(C)n1)C(C)(C)C. The van der Waals surface area contributed by atoms with E-state index in [9.17, 15) is 0 Å². The van der Waals surface area contributed by atoms with Crippen molar-refractivity contribution in [3.8, 4) is 0 Å². The van der Waals surface area contributed by atoms with Crippen LogP contribution < -0.4 is 10.2 Å². The minimum Gasteiger partial charge on any atom is -0.348 e. The summed E-state index contributed by atoms with van der Waals surface area (Å²) in [5.41, 5.74) is 2.41. The molecule has 0 spiro atoms. The van der Waals surface area contributed by atoms with Gasteiger partial charge in [0.2, 0.25) is 0 Å². The summed E-state index contributed by atoms with van der Waals surface area (Å²) >= 11 is 0. The van der Waals surface area contributed by atoms with E-state index < -0.39 is 0 Å². The Morgan fingerprint density at radius 1 is 1.35 bits per heavy atom. The molecule has 3 heteroatoms. The zero-order chi connectivity index (χ0) is 15.2. The summed E-state index contributed by atoms with van der Waals surface area (Å²) in [4.78, 5) is 7.05. The van der Waals surface area contributed by atoms with Gasteiger partial charge in [0.1, 0.15) is 5.82 Å². The third kappa shape index (κ3) is 4.64. The van der Waals surface area contributed by atoms with E-state index in [1.54, 1.807) is 0 Å². The Labute approximate surface area is 124 Å². The Balaban J connectivity index is 2.91. The second-order valence-corrected chi connectivity index (χ2v) is 6.16. The zero-order valence-electron chi connectivity index (χ0n) is 13.7. The molecule has 1 heterocycles. The molecule has 0 saturated carbocycles. The Morgan fingerprint density at radius 3 is 2.55 bits per heavy atom. The van der Waals surface area contributed by atoms with Crippen LogP contribution in [-0.4, -0.2) is 23.6 Å². The molecule has 20 heavy (non-hydrogen) atoms. The van der Waals surface area contributed by atoms with Crippen LogP contribution in [0, 0.1) is 6.92 Å². The zero-order valence-corrected chi connectivity index (χ0v) is 13.7. The second-order valence-electron chi connectivity index (χ2n) is 6.16. The van der Waals surface area contributed by atoms with E-state index in [0.29, 0.717) is 0 Å². The third-order valence-corrected chi connectivity index (χ3v) is 3.32. The minimum absolute atomic E-state index is 0.0373. The molecule has 0 aliphatic rings. The predicted octanol–water partition coefficient (Wildman–Crippen LogP) is 3.68. The molecule has 0 bridgehead atoms. The Hall–Kier alpha value is -1.35. The van der Waals surface area contributed by atoms with Gasteiger partial charge in [-0.05, 0) is 52.3 Å². The van der Waals surface area contributed by atoms with Crippen LogP contribution in [0.25, 0.3) is 0 Å². The molecule has 1 rings (SSSR count). The van der Waals surface area contributed by atoms with Gasteiger partial charge in [0, 0.05) is 24.3 Å². The standard InChI is InChI=1S/C17H29N3/c1-7-11-18-13-15-9-10-16(19-14(15)3)20(12-8-2)17(4,5)6/h8-10,18H,2,7,11-13H2,1,3-6H3. The molecular weight excluding hydrogens is 246 g/mol. The first-order valence-corrected chi connectivity index (χ1v) is 7.46. The van der Waals surface area contributed by atoms with E-state index in [4.69, 9.17) is 4.98 Å². The van der Waals surface area contributed by atoms with E-state index in [1.165, 1.54) is 5.56 Å². The normalized spacial score (nSPS) is 11.4. The van der Waals surface area contributed by atoms with Gasteiger partial charge in [0.05, 0.1) is 0 Å². The van der Waals surface area contributed by atoms with Crippen LogP contribution in [0.5, 0.6) is 0 Å². The number of aryl methyl sites for hydroxylation is 1. The third-order valence-electron chi connectivity index (χ3n) is 3.32. The van der Waals surface area contributed by atoms with Crippen molar-refractivity contribution < 1.29 is 0 Å². The number of hydrogen-bond donors (Lipinski definition) is 1. The van der Waals surface area contributed by atoms with Gasteiger partial charge in [-0.3, -0.25) is 0 Å². The average molecular weight is 275 g/mol. The van der Waals surface area contributed by atoms with Gasteiger partial charge in [-0.25, -0.2) is 4.98 Å². The molecule has 1 aromatic rings. The van der Waals surface area contributed by atoms with Crippen LogP contribution >= 0.6 is 0 Å². The molecule has 1 N–H and O–H groups in total. The molecule has 0 aromatic carbocycles. The molecule has 0 fully saturated rings. The molecule has 0 aliphatic carbocycles. The molecule has 0 aliphatic heterocycles. The van der Waals surface area contributed by atoms with Crippen LogP contribution in [0.1, 0.15) is 45.4 Å². The lowest BCUT2D eigenvalue weighted by molar-refractivity contribution is 0.517. The average Bonchev–Trinajstić information content (AvgIpc) is 2.37. The van der Waals surface area contributed by atoms with Gasteiger partial charge < -0.3 is 10.2 Å². The Kier molecular flexibility index (Phi) is 6.21. The molecule has 0 atom stereocenters. The molecule has 112 valence electrons. The van der Waals surface area contributed by atoms with Gasteiger partial charge >= 0.3 is 0 Å². The van der Waals surface area contributed by atoms with Crippen LogP contribution in [0.2, 0.25) is 0 Å². The van der Waals surface area contributed by atoms with Crippen LogP contribution in [0.4, 0.5) is 5.82 Å². The fourth-order valence-electron chi connectivity index (χ4n) is 2.15. The maximum atomic E-state index is 4.78. The monoisotopic (exact) mass is 275 g/mol. The van der Waals surface area contributed by atoms with E-state index in [1.807, 2.05) is 6.08 Å². The van der Waals surface area contributed by atoms with Crippen molar-refractivity contribution in [3.05, 3.63) is 36.0 Å². The first-order valence-electron chi connectivity index (χ1n) is 7.46. The number of nitrogens with one attached hydrogen (secondary N) is 1. The van der Waals surface area contributed by atoms with Crippen molar-refractivity contribution in [3.63, 3.8) is 0 Å². The fraction of sp³-hybridized carbons (Fsp3) is 0.588. The number of rotatable bonds is 7. The van der Waals surface area contributed by atoms with E-state index in [2.05, 4.69) is 63.5 Å². The highest BCUT2D eigenvalue weighted by molar-refractivity contribution is 5.44. The van der Waals surface area contributed by atoms with Gasteiger partial charge in [0.25, 0.3) is 0 Å². The fourth-order valence-corrected chi connectivity index (χ4v) is 2.15. The highest BCUT2D eigenvalue weighted by Gasteiger charge is 2.21. The number of pyridine rings is 1. The lowest BCUT2D eigenvalue weighted by atomic mass is 10.1. The van der Waals surface area contributed by atoms with Crippen LogP contribution in [0.3, 0.4) is 0 Å². The molecule has 0 saturated heterocycles. The van der Waals surface area contributed by atoms with Crippen LogP contribution in [0.15, 0.2) is 24.8 Å². The number of nitrogens with zero attached hydrogens (tertiary/aromatic N) is 2. The minimum atomic E-state index is 0.0373. The summed E-state index contributed by atoms with van der Waals surface area (Å²) in [7, 11) is 0. The van der Waals surface area contributed by atoms with Gasteiger partial charge in [-0.15, -0.1) is 6.58 Å². The quantitative estimate of drug-likeness (QED) is 0.608. The smallest absolute Gasteiger partial charge is 0.129 e. The maximum absolute atomic E-state index is 4.78. The first kappa shape index (κ1) is 16.7. The summed E-state index contributed by atoms with van der Waals surface area (Å²) in [6.07, 6.45) is 3.08. The summed E-state index contributed by atoms with van der Waals surface area (Å²) in [5.74, 6) is 1.02. The Morgan fingerprint density at radius 2 is 2.05 bits per heavy atom. The van der Waals surface area contributed by atoms with Crippen molar-refractivity contribution in [1.29, 1.82) is 0 Å². The summed E-state index contributed by atoms with van der Waals surface area (Å²) in [6, 6.07) is 4.30. The second kappa shape index (κ2) is 7.44. The molecule has 3 nitrogen and oxygen atoms in total. The van der Waals surface area contributed by atoms with Crippen LogP contribution in [-0.2, 0) is 6.54 Å².